The zero-order valence-corrected chi connectivity index (χ0v) is 14.3. The number of nitrogens with zero attached hydrogens (tertiary/aromatic N) is 2. The summed E-state index contributed by atoms with van der Waals surface area (Å²) in [6.07, 6.45) is 0. The smallest absolute Gasteiger partial charge is 1.00 e. The predicted molar refractivity (Wildman–Crippen MR) is 74.1 cm³/mol. The molecule has 0 rings (SSSR count). The summed E-state index contributed by atoms with van der Waals surface area (Å²) in [6.45, 7) is 16.8. The Hall–Kier alpha value is 1.28. The van der Waals surface area contributed by atoms with E-state index in [1.807, 2.05) is 0 Å². The first-order valence-electron chi connectivity index (χ1n) is 5.65. The van der Waals surface area contributed by atoms with E-state index in [4.69, 9.17) is 0 Å². The van der Waals surface area contributed by atoms with Gasteiger partial charge < -0.3 is 12.1 Å². The second kappa shape index (κ2) is 16.3. The van der Waals surface area contributed by atoms with Gasteiger partial charge in [0.1, 0.15) is 0 Å². The molecule has 0 aromatic heterocycles. The largest absolute Gasteiger partial charge is 2.00 e. The predicted octanol–water partition coefficient (Wildman–Crippen LogP) is 1.09. The molecule has 0 aliphatic rings. The van der Waals surface area contributed by atoms with E-state index in [9.17, 15) is 0 Å². The van der Waals surface area contributed by atoms with E-state index in [1.54, 1.807) is 0 Å². The van der Waals surface area contributed by atoms with Gasteiger partial charge in [-0.2, -0.15) is 0 Å². The van der Waals surface area contributed by atoms with E-state index in [-0.39, 0.29) is 43.3 Å². The molecule has 16 heavy (non-hydrogen) atoms. The van der Waals surface area contributed by atoms with Gasteiger partial charge in [0, 0.05) is 0 Å². The average Bonchev–Trinajstić information content (AvgIpc) is 1.79. The van der Waals surface area contributed by atoms with Crippen molar-refractivity contribution in [1.29, 1.82) is 0 Å². The average molecular weight is 233 g/mol. The van der Waals surface area contributed by atoms with Crippen LogP contribution in [0, 0.1) is 0 Å². The quantitative estimate of drug-likeness (QED) is 0.650. The summed E-state index contributed by atoms with van der Waals surface area (Å²) in [5, 5.41) is 8.56. The van der Waals surface area contributed by atoms with E-state index in [0.29, 0.717) is 24.2 Å². The van der Waals surface area contributed by atoms with E-state index in [0.717, 1.165) is 0 Å². The molecule has 2 nitrogen and oxygen atoms in total. The van der Waals surface area contributed by atoms with E-state index < -0.39 is 0 Å². The van der Waals surface area contributed by atoms with Gasteiger partial charge in [0.2, 0.25) is 0 Å². The fourth-order valence-corrected chi connectivity index (χ4v) is 1.19. The summed E-state index contributed by atoms with van der Waals surface area (Å²) in [4.78, 5) is 0. The van der Waals surface area contributed by atoms with E-state index >= 15 is 0 Å². The van der Waals surface area contributed by atoms with Crippen LogP contribution < -0.4 is 18.9 Å². The molecule has 0 aliphatic heterocycles. The Morgan fingerprint density at radius 3 is 0.688 bits per heavy atom. The van der Waals surface area contributed by atoms with Crippen LogP contribution in [-0.4, -0.2) is 47.2 Å². The molecule has 90 valence electrons. The molecule has 0 aliphatic carbocycles. The first kappa shape index (κ1) is 26.0. The van der Waals surface area contributed by atoms with Crippen LogP contribution in [0.25, 0.3) is 10.6 Å². The molecule has 0 fully saturated rings. The van der Waals surface area contributed by atoms with Crippen molar-refractivity contribution in [2.24, 2.45) is 0 Å². The summed E-state index contributed by atoms with van der Waals surface area (Å²) < 4.78 is 0. The molecule has 0 saturated heterocycles. The maximum Gasteiger partial charge on any atom is 2.00 e. The SMILES string of the molecule is CC(C)[N-]C(C)C.CC(C)[N-]C(C)C.[H-].[Li+].[Mg+2]. The van der Waals surface area contributed by atoms with Crippen molar-refractivity contribution in [2.45, 2.75) is 79.6 Å². The third kappa shape index (κ3) is 36.2. The van der Waals surface area contributed by atoms with Gasteiger partial charge in [-0.05, 0) is 0 Å². The van der Waals surface area contributed by atoms with Crippen molar-refractivity contribution in [3.63, 3.8) is 0 Å². The monoisotopic (exact) mass is 232 g/mol. The van der Waals surface area contributed by atoms with Gasteiger partial charge in [-0.1, -0.05) is 55.4 Å². The maximum atomic E-state index is 4.28. The molecule has 0 unspecified atom stereocenters. The van der Waals surface area contributed by atoms with Gasteiger partial charge in [-0.3, -0.25) is 0 Å². The zero-order chi connectivity index (χ0) is 11.7. The molecule has 0 atom stereocenters. The first-order valence-corrected chi connectivity index (χ1v) is 5.65. The Balaban J connectivity index is -0.0000000480. The third-order valence-corrected chi connectivity index (χ3v) is 1.19. The van der Waals surface area contributed by atoms with Crippen molar-refractivity contribution in [1.82, 2.24) is 0 Å². The van der Waals surface area contributed by atoms with Gasteiger partial charge in [-0.25, -0.2) is 0 Å². The van der Waals surface area contributed by atoms with Crippen LogP contribution >= 0.6 is 0 Å². The van der Waals surface area contributed by atoms with E-state index in [2.05, 4.69) is 66.0 Å². The Morgan fingerprint density at radius 2 is 0.688 bits per heavy atom. The van der Waals surface area contributed by atoms with Crippen LogP contribution in [0.15, 0.2) is 0 Å². The van der Waals surface area contributed by atoms with Gasteiger partial charge in [-0.15, -0.1) is 24.2 Å². The zero-order valence-electron chi connectivity index (χ0n) is 13.9. The van der Waals surface area contributed by atoms with Crippen molar-refractivity contribution in [2.75, 3.05) is 0 Å². The van der Waals surface area contributed by atoms with Crippen molar-refractivity contribution in [3.05, 3.63) is 10.6 Å². The molecule has 0 heterocycles. The van der Waals surface area contributed by atoms with Crippen LogP contribution in [0.5, 0.6) is 0 Å². The molecule has 0 aromatic carbocycles. The summed E-state index contributed by atoms with van der Waals surface area (Å²) >= 11 is 0. The molecule has 0 N–H and O–H groups in total. The van der Waals surface area contributed by atoms with Crippen LogP contribution in [0.4, 0.5) is 0 Å². The molecule has 0 spiro atoms. The van der Waals surface area contributed by atoms with Crippen LogP contribution in [-0.2, 0) is 0 Å². The van der Waals surface area contributed by atoms with Crippen LogP contribution in [0.1, 0.15) is 56.8 Å². The normalized spacial score (nSPS) is 9.75. The maximum absolute atomic E-state index is 4.28. The van der Waals surface area contributed by atoms with Gasteiger partial charge in [0.05, 0.1) is 0 Å². The van der Waals surface area contributed by atoms with Crippen LogP contribution in [0.3, 0.4) is 0 Å². The minimum Gasteiger partial charge on any atom is -1.00 e. The first-order chi connectivity index (χ1) is 6.25. The molecule has 0 amide bonds. The second-order valence-corrected chi connectivity index (χ2v) is 4.67. The Bertz CT molecular complexity index is 97.1. The summed E-state index contributed by atoms with van der Waals surface area (Å²) in [5.41, 5.74) is 0. The molecular formula is C12H29LiMgN2. The number of hydrogen-bond acceptors (Lipinski definition) is 0. The van der Waals surface area contributed by atoms with Gasteiger partial charge >= 0.3 is 41.9 Å². The van der Waals surface area contributed by atoms with Gasteiger partial charge in [0.15, 0.2) is 0 Å². The Morgan fingerprint density at radius 1 is 0.562 bits per heavy atom. The van der Waals surface area contributed by atoms with Crippen LogP contribution in [0.2, 0.25) is 0 Å². The minimum atomic E-state index is 0. The summed E-state index contributed by atoms with van der Waals surface area (Å²) in [7, 11) is 0. The van der Waals surface area contributed by atoms with Crippen molar-refractivity contribution >= 4 is 23.1 Å². The standard InChI is InChI=1S/2C6H14N.Li.Mg.H/c2*1-5(2)7-6(3)4;;;/h2*5-6H,1-4H3;;;/q2*-1;+1;+2;-1. The minimum absolute atomic E-state index is 0. The number of hydrogen-bond donors (Lipinski definition) is 0. The molecular weight excluding hydrogens is 203 g/mol. The molecule has 0 bridgehead atoms. The summed E-state index contributed by atoms with van der Waals surface area (Å²) in [5.74, 6) is 0. The molecule has 0 radical (unpaired) electrons. The summed E-state index contributed by atoms with van der Waals surface area (Å²) in [6, 6.07) is 2.00. The van der Waals surface area contributed by atoms with Crippen molar-refractivity contribution < 1.29 is 20.3 Å². The molecule has 0 aromatic rings. The molecule has 4 heteroatoms. The fourth-order valence-electron chi connectivity index (χ4n) is 1.19. The third-order valence-electron chi connectivity index (χ3n) is 1.19. The fraction of sp³-hybridized carbons (Fsp3) is 1.00. The Labute approximate surface area is 133 Å². The molecule has 0 saturated carbocycles. The number of rotatable bonds is 4. The Kier molecular flexibility index (Phi) is 26.4. The van der Waals surface area contributed by atoms with E-state index in [1.165, 1.54) is 0 Å². The second-order valence-electron chi connectivity index (χ2n) is 4.67. The van der Waals surface area contributed by atoms with Crippen molar-refractivity contribution in [3.8, 4) is 0 Å². The topological polar surface area (TPSA) is 28.2 Å². The van der Waals surface area contributed by atoms with Gasteiger partial charge in [0.25, 0.3) is 0 Å².